The van der Waals surface area contributed by atoms with Crippen molar-refractivity contribution >= 4 is 5.97 Å². The van der Waals surface area contributed by atoms with Gasteiger partial charge in [-0.2, -0.15) is 4.98 Å². The van der Waals surface area contributed by atoms with Crippen molar-refractivity contribution in [1.29, 1.82) is 0 Å². The number of hydrogen-bond donors (Lipinski definition) is 1. The Labute approximate surface area is 106 Å². The van der Waals surface area contributed by atoms with E-state index in [1.54, 1.807) is 0 Å². The maximum atomic E-state index is 10.4. The van der Waals surface area contributed by atoms with Crippen LogP contribution in [0.3, 0.4) is 0 Å². The minimum atomic E-state index is -0.846. The fourth-order valence-electron chi connectivity index (χ4n) is 2.30. The Bertz CT molecular complexity index is 405. The van der Waals surface area contributed by atoms with Crippen molar-refractivity contribution in [2.45, 2.75) is 44.6 Å². The van der Waals surface area contributed by atoms with E-state index < -0.39 is 5.97 Å². The number of carboxylic acids is 1. The first-order chi connectivity index (χ1) is 8.65. The molecule has 0 spiro atoms. The molecule has 1 saturated heterocycles. The molecule has 0 amide bonds. The number of likely N-dealkylation sites (N-methyl/N-ethyl adjacent to an activating group) is 1. The van der Waals surface area contributed by atoms with Crippen LogP contribution in [0.15, 0.2) is 4.52 Å². The smallest absolute Gasteiger partial charge is 0.303 e. The highest BCUT2D eigenvalue weighted by Crippen LogP contribution is 2.18. The molecule has 1 aromatic rings. The molecular formula is C12H19N3O3. The Morgan fingerprint density at radius 1 is 1.56 bits per heavy atom. The van der Waals surface area contributed by atoms with E-state index in [-0.39, 0.29) is 6.42 Å². The zero-order valence-corrected chi connectivity index (χ0v) is 10.6. The highest BCUT2D eigenvalue weighted by Gasteiger charge is 2.21. The van der Waals surface area contributed by atoms with Crippen LogP contribution in [0, 0.1) is 0 Å². The van der Waals surface area contributed by atoms with Crippen molar-refractivity contribution in [2.24, 2.45) is 0 Å². The Balaban J connectivity index is 1.87. The molecule has 100 valence electrons. The monoisotopic (exact) mass is 253 g/mol. The van der Waals surface area contributed by atoms with Gasteiger partial charge in [-0.1, -0.05) is 11.6 Å². The quantitative estimate of drug-likeness (QED) is 0.847. The molecule has 0 bridgehead atoms. The molecule has 1 N–H and O–H groups in total. The number of nitrogens with zero attached hydrogens (tertiary/aromatic N) is 3. The zero-order valence-electron chi connectivity index (χ0n) is 10.6. The van der Waals surface area contributed by atoms with Gasteiger partial charge in [0.2, 0.25) is 5.89 Å². The number of aryl methyl sites for hydroxylation is 1. The van der Waals surface area contributed by atoms with Gasteiger partial charge in [-0.25, -0.2) is 0 Å². The second-order valence-corrected chi connectivity index (χ2v) is 4.83. The van der Waals surface area contributed by atoms with Crippen LogP contribution < -0.4 is 0 Å². The van der Waals surface area contributed by atoms with Crippen molar-refractivity contribution in [1.82, 2.24) is 15.0 Å². The second kappa shape index (κ2) is 5.95. The molecule has 0 radical (unpaired) electrons. The van der Waals surface area contributed by atoms with Gasteiger partial charge < -0.3 is 14.5 Å². The highest BCUT2D eigenvalue weighted by atomic mass is 16.5. The molecule has 2 heterocycles. The Hall–Kier alpha value is -1.43. The number of likely N-dealkylation sites (tertiary alicyclic amines) is 1. The number of carboxylic acid groups (broad SMARTS) is 1. The molecular weight excluding hydrogens is 234 g/mol. The minimum Gasteiger partial charge on any atom is -0.481 e. The Morgan fingerprint density at radius 3 is 3.11 bits per heavy atom. The molecule has 1 aliphatic rings. The lowest BCUT2D eigenvalue weighted by molar-refractivity contribution is -0.137. The normalized spacial score (nSPS) is 21.1. The van der Waals surface area contributed by atoms with E-state index in [2.05, 4.69) is 22.1 Å². The molecule has 6 heteroatoms. The molecule has 1 atom stereocenters. The van der Waals surface area contributed by atoms with Gasteiger partial charge in [-0.15, -0.1) is 0 Å². The van der Waals surface area contributed by atoms with Crippen LogP contribution in [0.25, 0.3) is 0 Å². The number of aromatic nitrogens is 2. The largest absolute Gasteiger partial charge is 0.481 e. The fraction of sp³-hybridized carbons (Fsp3) is 0.750. The molecule has 1 aromatic heterocycles. The summed E-state index contributed by atoms with van der Waals surface area (Å²) in [5, 5.41) is 12.5. The average Bonchev–Trinajstić information content (AvgIpc) is 2.77. The van der Waals surface area contributed by atoms with E-state index in [0.29, 0.717) is 24.2 Å². The number of carbonyl (C=O) groups is 1. The maximum absolute atomic E-state index is 10.4. The van der Waals surface area contributed by atoms with Gasteiger partial charge in [0.1, 0.15) is 0 Å². The van der Waals surface area contributed by atoms with Crippen molar-refractivity contribution in [3.05, 3.63) is 11.7 Å². The summed E-state index contributed by atoms with van der Waals surface area (Å²) in [5.41, 5.74) is 0. The predicted molar refractivity (Wildman–Crippen MR) is 64.2 cm³/mol. The zero-order chi connectivity index (χ0) is 13.0. The van der Waals surface area contributed by atoms with Crippen LogP contribution in [-0.2, 0) is 17.6 Å². The summed E-state index contributed by atoms with van der Waals surface area (Å²) in [6, 6.07) is 0.476. The van der Waals surface area contributed by atoms with Crippen LogP contribution >= 0.6 is 0 Å². The third-order valence-electron chi connectivity index (χ3n) is 3.40. The van der Waals surface area contributed by atoms with Gasteiger partial charge in [-0.05, 0) is 26.4 Å². The van der Waals surface area contributed by atoms with Crippen molar-refractivity contribution in [3.8, 4) is 0 Å². The van der Waals surface area contributed by atoms with Crippen molar-refractivity contribution in [3.63, 3.8) is 0 Å². The van der Waals surface area contributed by atoms with Crippen LogP contribution in [0.1, 0.15) is 37.4 Å². The molecule has 0 saturated carbocycles. The van der Waals surface area contributed by atoms with E-state index in [1.165, 1.54) is 12.8 Å². The molecule has 18 heavy (non-hydrogen) atoms. The standard InChI is InChI=1S/C12H19N3O3/c1-15-7-3-2-4-9(15)8-10-13-11(18-14-10)5-6-12(16)17/h9H,2-8H2,1H3,(H,16,17). The first kappa shape index (κ1) is 13.0. The van der Waals surface area contributed by atoms with Crippen LogP contribution in [0.5, 0.6) is 0 Å². The Morgan fingerprint density at radius 2 is 2.39 bits per heavy atom. The first-order valence-electron chi connectivity index (χ1n) is 6.38. The van der Waals surface area contributed by atoms with Gasteiger partial charge in [0.25, 0.3) is 0 Å². The van der Waals surface area contributed by atoms with Crippen LogP contribution in [0.2, 0.25) is 0 Å². The van der Waals surface area contributed by atoms with Crippen LogP contribution in [0.4, 0.5) is 0 Å². The molecule has 0 aromatic carbocycles. The third kappa shape index (κ3) is 3.53. The second-order valence-electron chi connectivity index (χ2n) is 4.83. The van der Waals surface area contributed by atoms with Crippen molar-refractivity contribution in [2.75, 3.05) is 13.6 Å². The summed E-state index contributed by atoms with van der Waals surface area (Å²) in [7, 11) is 2.12. The summed E-state index contributed by atoms with van der Waals surface area (Å²) >= 11 is 0. The maximum Gasteiger partial charge on any atom is 0.303 e. The first-order valence-corrected chi connectivity index (χ1v) is 6.38. The summed E-state index contributed by atoms with van der Waals surface area (Å²) in [6.45, 7) is 1.12. The molecule has 0 aliphatic carbocycles. The summed E-state index contributed by atoms with van der Waals surface area (Å²) < 4.78 is 5.05. The van der Waals surface area contributed by atoms with Gasteiger partial charge >= 0.3 is 5.97 Å². The number of rotatable bonds is 5. The van der Waals surface area contributed by atoms with Crippen LogP contribution in [-0.4, -0.2) is 45.8 Å². The summed E-state index contributed by atoms with van der Waals surface area (Å²) in [4.78, 5) is 17.0. The molecule has 6 nitrogen and oxygen atoms in total. The van der Waals surface area contributed by atoms with E-state index >= 15 is 0 Å². The fourth-order valence-corrected chi connectivity index (χ4v) is 2.30. The van der Waals surface area contributed by atoms with E-state index in [1.807, 2.05) is 0 Å². The lowest BCUT2D eigenvalue weighted by Gasteiger charge is -2.31. The highest BCUT2D eigenvalue weighted by molar-refractivity contribution is 5.66. The Kier molecular flexibility index (Phi) is 4.30. The minimum absolute atomic E-state index is 0.0327. The topological polar surface area (TPSA) is 79.5 Å². The molecule has 1 aliphatic heterocycles. The predicted octanol–water partition coefficient (Wildman–Crippen LogP) is 1.11. The van der Waals surface area contributed by atoms with Gasteiger partial charge in [-0.3, -0.25) is 4.79 Å². The van der Waals surface area contributed by atoms with Gasteiger partial charge in [0, 0.05) is 18.9 Å². The number of hydrogen-bond acceptors (Lipinski definition) is 5. The SMILES string of the molecule is CN1CCCCC1Cc1noc(CCC(=O)O)n1. The lowest BCUT2D eigenvalue weighted by Crippen LogP contribution is -2.37. The summed E-state index contributed by atoms with van der Waals surface area (Å²) in [6.07, 6.45) is 4.79. The molecule has 1 fully saturated rings. The van der Waals surface area contributed by atoms with Crippen molar-refractivity contribution < 1.29 is 14.4 Å². The number of piperidine rings is 1. The summed E-state index contributed by atoms with van der Waals surface area (Å²) in [5.74, 6) is 0.266. The number of aliphatic carboxylic acids is 1. The van der Waals surface area contributed by atoms with E-state index in [4.69, 9.17) is 9.63 Å². The van der Waals surface area contributed by atoms with E-state index in [0.717, 1.165) is 19.4 Å². The lowest BCUT2D eigenvalue weighted by atomic mass is 10.00. The van der Waals surface area contributed by atoms with Gasteiger partial charge in [0.15, 0.2) is 5.82 Å². The molecule has 1 unspecified atom stereocenters. The molecule has 2 rings (SSSR count). The average molecular weight is 253 g/mol. The third-order valence-corrected chi connectivity index (χ3v) is 3.40. The van der Waals surface area contributed by atoms with E-state index in [9.17, 15) is 4.79 Å². The van der Waals surface area contributed by atoms with Gasteiger partial charge in [0.05, 0.1) is 6.42 Å².